The molecular formula is C47H39N3. The zero-order valence-corrected chi connectivity index (χ0v) is 28.2. The van der Waals surface area contributed by atoms with Gasteiger partial charge < -0.3 is 10.3 Å². The van der Waals surface area contributed by atoms with E-state index in [1.54, 1.807) is 0 Å². The lowest BCUT2D eigenvalue weighted by atomic mass is 9.88. The molecule has 3 heteroatoms. The van der Waals surface area contributed by atoms with E-state index in [2.05, 4.69) is 169 Å². The molecule has 0 spiro atoms. The minimum atomic E-state index is -0.235. The highest BCUT2D eigenvalue weighted by Gasteiger charge is 2.31. The number of fused-ring (bicyclic) bond motifs is 5. The van der Waals surface area contributed by atoms with Crippen LogP contribution in [0.2, 0.25) is 0 Å². The zero-order valence-electron chi connectivity index (χ0n) is 28.2. The number of para-hydroxylation sites is 2. The van der Waals surface area contributed by atoms with Crippen LogP contribution >= 0.6 is 0 Å². The van der Waals surface area contributed by atoms with Crippen LogP contribution in [0.4, 0.5) is 0 Å². The van der Waals surface area contributed by atoms with Gasteiger partial charge in [-0.3, -0.25) is 5.32 Å². The first kappa shape index (κ1) is 30.2. The van der Waals surface area contributed by atoms with Crippen molar-refractivity contribution >= 4 is 38.6 Å². The van der Waals surface area contributed by atoms with Crippen molar-refractivity contribution < 1.29 is 0 Å². The van der Waals surface area contributed by atoms with E-state index in [-0.39, 0.29) is 6.17 Å². The molecule has 0 saturated heterocycles. The second-order valence-corrected chi connectivity index (χ2v) is 13.5. The Bertz CT molecular complexity index is 2500. The van der Waals surface area contributed by atoms with Gasteiger partial charge in [0.1, 0.15) is 6.17 Å². The number of hydrogen-bond acceptors (Lipinski definition) is 2. The number of nitrogens with one attached hydrogen (secondary N) is 1. The van der Waals surface area contributed by atoms with E-state index in [9.17, 15) is 0 Å². The van der Waals surface area contributed by atoms with Crippen LogP contribution < -0.4 is 11.1 Å². The second-order valence-electron chi connectivity index (χ2n) is 13.5. The molecule has 9 rings (SSSR count). The fourth-order valence-electron chi connectivity index (χ4n) is 8.12. The number of rotatable bonds is 5. The van der Waals surface area contributed by atoms with E-state index >= 15 is 0 Å². The van der Waals surface area contributed by atoms with Gasteiger partial charge in [-0.05, 0) is 82.0 Å². The molecule has 0 bridgehead atoms. The van der Waals surface area contributed by atoms with Gasteiger partial charge in [-0.2, -0.15) is 0 Å². The number of aromatic nitrogens is 1. The van der Waals surface area contributed by atoms with Gasteiger partial charge in [0.15, 0.2) is 0 Å². The van der Waals surface area contributed by atoms with Crippen molar-refractivity contribution in [2.75, 3.05) is 0 Å². The molecule has 50 heavy (non-hydrogen) atoms. The highest BCUT2D eigenvalue weighted by Crippen LogP contribution is 2.47. The van der Waals surface area contributed by atoms with Crippen LogP contribution in [-0.4, -0.2) is 4.57 Å². The van der Waals surface area contributed by atoms with Gasteiger partial charge >= 0.3 is 0 Å². The minimum Gasteiger partial charge on any atom is -0.398 e. The molecular weight excluding hydrogens is 607 g/mol. The van der Waals surface area contributed by atoms with Crippen LogP contribution in [0, 0.1) is 0 Å². The topological polar surface area (TPSA) is 43.0 Å². The van der Waals surface area contributed by atoms with Gasteiger partial charge in [0, 0.05) is 34.2 Å². The standard InChI is InChI=1S/C47H39N3/c1-31-14-11-19-35(29-36-18-5-6-21-37(31)36)34-20-12-15-32(28-34)30-49-47-44(45(48)33-16-3-2-4-17-33)40-24-8-7-22-38(40)41-25-13-26-42-39-23-9-10-27-43(39)50(47)46(41)42/h2-4,6-17,19-29,47,49H,5,18,30,48H2,1H3/b14-11?,19-11-,31-14+,35-19?,35-29+,36-29?,37-31?,45-44-. The van der Waals surface area contributed by atoms with E-state index in [4.69, 9.17) is 5.73 Å². The maximum absolute atomic E-state index is 7.30. The lowest BCUT2D eigenvalue weighted by Gasteiger charge is -2.27. The Hall–Kier alpha value is -5.90. The van der Waals surface area contributed by atoms with Crippen molar-refractivity contribution in [3.63, 3.8) is 0 Å². The van der Waals surface area contributed by atoms with Crippen molar-refractivity contribution in [1.29, 1.82) is 0 Å². The first-order valence-corrected chi connectivity index (χ1v) is 17.6. The highest BCUT2D eigenvalue weighted by atomic mass is 15.2. The third kappa shape index (κ3) is 5.10. The van der Waals surface area contributed by atoms with Crippen molar-refractivity contribution in [3.8, 4) is 11.1 Å². The van der Waals surface area contributed by atoms with Crippen molar-refractivity contribution in [2.24, 2.45) is 5.73 Å². The van der Waals surface area contributed by atoms with Gasteiger partial charge in [-0.1, -0.05) is 146 Å². The summed E-state index contributed by atoms with van der Waals surface area (Å²) in [7, 11) is 0. The number of benzene rings is 5. The summed E-state index contributed by atoms with van der Waals surface area (Å²) in [5.41, 5.74) is 23.9. The Morgan fingerprint density at radius 3 is 2.44 bits per heavy atom. The molecule has 0 saturated carbocycles. The lowest BCUT2D eigenvalue weighted by Crippen LogP contribution is -2.28. The minimum absolute atomic E-state index is 0.235. The van der Waals surface area contributed by atoms with Gasteiger partial charge in [0.2, 0.25) is 0 Å². The van der Waals surface area contributed by atoms with E-state index in [0.717, 1.165) is 35.2 Å². The van der Waals surface area contributed by atoms with Gasteiger partial charge in [-0.25, -0.2) is 0 Å². The van der Waals surface area contributed by atoms with Crippen LogP contribution in [0.15, 0.2) is 175 Å². The molecule has 1 aromatic heterocycles. The Balaban J connectivity index is 1.20. The molecule has 5 aromatic carbocycles. The fraction of sp³-hybridized carbons (Fsp3) is 0.106. The van der Waals surface area contributed by atoms with E-state index in [1.807, 2.05) is 6.07 Å². The maximum atomic E-state index is 7.30. The van der Waals surface area contributed by atoms with E-state index in [1.165, 1.54) is 66.4 Å². The van der Waals surface area contributed by atoms with Crippen LogP contribution in [-0.2, 0) is 6.54 Å². The summed E-state index contributed by atoms with van der Waals surface area (Å²) in [5.74, 6) is 0. The molecule has 6 aromatic rings. The summed E-state index contributed by atoms with van der Waals surface area (Å²) in [6.45, 7) is 2.87. The lowest BCUT2D eigenvalue weighted by molar-refractivity contribution is 0.519. The normalized spacial score (nSPS) is 20.5. The zero-order chi connectivity index (χ0) is 33.6. The summed E-state index contributed by atoms with van der Waals surface area (Å²) in [4.78, 5) is 0. The molecule has 242 valence electrons. The second kappa shape index (κ2) is 12.5. The van der Waals surface area contributed by atoms with Gasteiger partial charge in [0.05, 0.1) is 11.0 Å². The predicted octanol–water partition coefficient (Wildman–Crippen LogP) is 11.1. The molecule has 0 amide bonds. The smallest absolute Gasteiger partial charge is 0.113 e. The quantitative estimate of drug-likeness (QED) is 0.196. The molecule has 1 unspecified atom stereocenters. The molecule has 3 aliphatic rings. The van der Waals surface area contributed by atoms with Crippen molar-refractivity contribution in [3.05, 3.63) is 197 Å². The molecule has 0 fully saturated rings. The molecule has 3 N–H and O–H groups in total. The Morgan fingerprint density at radius 2 is 1.54 bits per heavy atom. The predicted molar refractivity (Wildman–Crippen MR) is 211 cm³/mol. The highest BCUT2D eigenvalue weighted by molar-refractivity contribution is 6.15. The fourth-order valence-corrected chi connectivity index (χ4v) is 8.12. The van der Waals surface area contributed by atoms with Crippen LogP contribution in [0.1, 0.15) is 48.2 Å². The van der Waals surface area contributed by atoms with Crippen molar-refractivity contribution in [2.45, 2.75) is 32.5 Å². The molecule has 1 atom stereocenters. The third-order valence-corrected chi connectivity index (χ3v) is 10.5. The van der Waals surface area contributed by atoms with Crippen molar-refractivity contribution in [1.82, 2.24) is 9.88 Å². The Morgan fingerprint density at radius 1 is 0.780 bits per heavy atom. The van der Waals surface area contributed by atoms with Gasteiger partial charge in [0.25, 0.3) is 0 Å². The Labute approximate surface area is 293 Å². The van der Waals surface area contributed by atoms with Crippen LogP contribution in [0.3, 0.4) is 0 Å². The molecule has 3 nitrogen and oxygen atoms in total. The van der Waals surface area contributed by atoms with Crippen LogP contribution in [0.5, 0.6) is 0 Å². The first-order chi connectivity index (χ1) is 24.7. The monoisotopic (exact) mass is 645 g/mol. The average Bonchev–Trinajstić information content (AvgIpc) is 3.43. The summed E-state index contributed by atoms with van der Waals surface area (Å²) in [6.07, 6.45) is 15.6. The third-order valence-electron chi connectivity index (χ3n) is 10.5. The van der Waals surface area contributed by atoms with Gasteiger partial charge in [-0.15, -0.1) is 0 Å². The van der Waals surface area contributed by atoms with E-state index < -0.39 is 0 Å². The molecule has 2 aliphatic carbocycles. The maximum Gasteiger partial charge on any atom is 0.113 e. The number of hydrogen-bond donors (Lipinski definition) is 2. The Kier molecular flexibility index (Phi) is 7.56. The molecule has 0 radical (unpaired) electrons. The summed E-state index contributed by atoms with van der Waals surface area (Å²) < 4.78 is 2.49. The largest absolute Gasteiger partial charge is 0.398 e. The SMILES string of the molecule is C\C1=C/C=C\C(c2cccc(CNC3/C(=C(\N)c4ccccc4)c4ccccc4-c4cccc5c6ccccc6n3c45)c2)=C/C2=C1C=CCC2. The van der Waals surface area contributed by atoms with Crippen LogP contribution in [0.25, 0.3) is 49.8 Å². The summed E-state index contributed by atoms with van der Waals surface area (Å²) in [6, 6.07) is 43.6. The number of nitrogens with two attached hydrogens (primary N) is 1. The molecule has 1 aliphatic heterocycles. The number of nitrogens with zero attached hydrogens (tertiary/aromatic N) is 1. The first-order valence-electron chi connectivity index (χ1n) is 17.6. The molecule has 2 heterocycles. The summed E-state index contributed by atoms with van der Waals surface area (Å²) >= 11 is 0. The summed E-state index contributed by atoms with van der Waals surface area (Å²) in [5, 5.41) is 6.56. The number of allylic oxidation sites excluding steroid dienone is 10. The average molecular weight is 646 g/mol. The van der Waals surface area contributed by atoms with E-state index in [0.29, 0.717) is 6.54 Å².